The first kappa shape index (κ1) is 21.4. The number of carbonyl (C=O) groups excluding carboxylic acids is 2. The number of rotatable bonds is 6. The lowest BCUT2D eigenvalue weighted by Gasteiger charge is -2.32. The Hall–Kier alpha value is -2.80. The number of likely N-dealkylation sites (tertiary alicyclic amines) is 1. The maximum atomic E-state index is 12.7. The van der Waals surface area contributed by atoms with Crippen molar-refractivity contribution in [3.05, 3.63) is 54.1 Å². The van der Waals surface area contributed by atoms with Gasteiger partial charge in [0.25, 0.3) is 5.22 Å². The van der Waals surface area contributed by atoms with Gasteiger partial charge in [0.2, 0.25) is 11.8 Å². The van der Waals surface area contributed by atoms with Crippen LogP contribution in [0, 0.1) is 11.8 Å². The molecule has 0 atom stereocenters. The molecule has 0 radical (unpaired) electrons. The quantitative estimate of drug-likeness (QED) is 0.552. The van der Waals surface area contributed by atoms with Crippen molar-refractivity contribution in [2.45, 2.75) is 37.7 Å². The Morgan fingerprint density at radius 3 is 2.61 bits per heavy atom. The number of nitrogens with one attached hydrogen (secondary N) is 1. The molecule has 0 aliphatic carbocycles. The molecule has 1 aromatic heterocycles. The molecular weight excluding hydrogens is 410 g/mol. The van der Waals surface area contributed by atoms with Gasteiger partial charge in [0, 0.05) is 36.4 Å². The van der Waals surface area contributed by atoms with E-state index in [4.69, 9.17) is 4.42 Å². The molecule has 3 aromatic rings. The molecule has 2 amide bonds. The van der Waals surface area contributed by atoms with Crippen molar-refractivity contribution < 1.29 is 14.0 Å². The van der Waals surface area contributed by atoms with Crippen molar-refractivity contribution in [2.75, 3.05) is 18.4 Å². The second-order valence-electron chi connectivity index (χ2n) is 8.18. The SMILES string of the molecule is CC(C)C(=O)N1CCC(C(=O)Nc2ccc3oc(SCc4ccccc4)nc3c2)CC1. The van der Waals surface area contributed by atoms with Crippen LogP contribution in [0.5, 0.6) is 0 Å². The summed E-state index contributed by atoms with van der Waals surface area (Å²) in [6, 6.07) is 15.7. The molecule has 1 fully saturated rings. The minimum atomic E-state index is -0.0822. The molecule has 1 aliphatic rings. The normalized spacial score (nSPS) is 14.9. The Morgan fingerprint density at radius 1 is 1.16 bits per heavy atom. The summed E-state index contributed by atoms with van der Waals surface area (Å²) < 4.78 is 5.82. The van der Waals surface area contributed by atoms with Crippen molar-refractivity contribution in [3.63, 3.8) is 0 Å². The molecule has 0 unspecified atom stereocenters. The number of carbonyl (C=O) groups is 2. The third-order valence-electron chi connectivity index (χ3n) is 5.51. The van der Waals surface area contributed by atoms with Crippen LogP contribution >= 0.6 is 11.8 Å². The molecule has 0 saturated carbocycles. The lowest BCUT2D eigenvalue weighted by atomic mass is 9.95. The molecule has 7 heteroatoms. The first-order chi connectivity index (χ1) is 15.0. The van der Waals surface area contributed by atoms with Crippen molar-refractivity contribution in [1.82, 2.24) is 9.88 Å². The predicted octanol–water partition coefficient (Wildman–Crippen LogP) is 4.95. The van der Waals surface area contributed by atoms with E-state index in [-0.39, 0.29) is 23.7 Å². The number of oxazole rings is 1. The molecule has 162 valence electrons. The minimum Gasteiger partial charge on any atom is -0.431 e. The average Bonchev–Trinajstić information content (AvgIpc) is 3.20. The Kier molecular flexibility index (Phi) is 6.61. The molecule has 2 heterocycles. The molecule has 1 saturated heterocycles. The number of aromatic nitrogens is 1. The lowest BCUT2D eigenvalue weighted by molar-refractivity contribution is -0.137. The standard InChI is InChI=1S/C24H27N3O3S/c1-16(2)23(29)27-12-10-18(11-13-27)22(28)25-19-8-9-21-20(14-19)26-24(30-21)31-15-17-6-4-3-5-7-17/h3-9,14,16,18H,10-13,15H2,1-2H3,(H,25,28). The number of thioether (sulfide) groups is 1. The van der Waals surface area contributed by atoms with Gasteiger partial charge in [-0.15, -0.1) is 0 Å². The number of anilines is 1. The number of hydrogen-bond donors (Lipinski definition) is 1. The smallest absolute Gasteiger partial charge is 0.257 e. The molecule has 1 N–H and O–H groups in total. The summed E-state index contributed by atoms with van der Waals surface area (Å²) in [5, 5.41) is 3.62. The summed E-state index contributed by atoms with van der Waals surface area (Å²) in [5.74, 6) is 0.862. The molecule has 2 aromatic carbocycles. The highest BCUT2D eigenvalue weighted by molar-refractivity contribution is 7.98. The lowest BCUT2D eigenvalue weighted by Crippen LogP contribution is -2.43. The molecule has 6 nitrogen and oxygen atoms in total. The highest BCUT2D eigenvalue weighted by Crippen LogP contribution is 2.28. The topological polar surface area (TPSA) is 75.4 Å². The maximum Gasteiger partial charge on any atom is 0.257 e. The van der Waals surface area contributed by atoms with Gasteiger partial charge < -0.3 is 14.6 Å². The number of hydrogen-bond acceptors (Lipinski definition) is 5. The fourth-order valence-corrected chi connectivity index (χ4v) is 4.53. The number of nitrogens with zero attached hydrogens (tertiary/aromatic N) is 2. The van der Waals surface area contributed by atoms with Crippen LogP contribution in [0.2, 0.25) is 0 Å². The fourth-order valence-electron chi connectivity index (χ4n) is 3.74. The summed E-state index contributed by atoms with van der Waals surface area (Å²) in [6.45, 7) is 5.10. The third kappa shape index (κ3) is 5.28. The van der Waals surface area contributed by atoms with Gasteiger partial charge in [-0.3, -0.25) is 9.59 Å². The Morgan fingerprint density at radius 2 is 1.90 bits per heavy atom. The predicted molar refractivity (Wildman–Crippen MR) is 123 cm³/mol. The molecule has 0 spiro atoms. The average molecular weight is 438 g/mol. The van der Waals surface area contributed by atoms with Crippen molar-refractivity contribution in [1.29, 1.82) is 0 Å². The van der Waals surface area contributed by atoms with Crippen LogP contribution in [0.15, 0.2) is 58.2 Å². The van der Waals surface area contributed by atoms with E-state index in [9.17, 15) is 9.59 Å². The van der Waals surface area contributed by atoms with Crippen molar-refractivity contribution >= 4 is 40.4 Å². The van der Waals surface area contributed by atoms with Gasteiger partial charge in [0.05, 0.1) is 0 Å². The molecule has 1 aliphatic heterocycles. The van der Waals surface area contributed by atoms with Gasteiger partial charge in [-0.05, 0) is 36.6 Å². The van der Waals surface area contributed by atoms with Gasteiger partial charge in [-0.2, -0.15) is 0 Å². The van der Waals surface area contributed by atoms with Crippen LogP contribution in [-0.4, -0.2) is 34.8 Å². The highest BCUT2D eigenvalue weighted by Gasteiger charge is 2.28. The fraction of sp³-hybridized carbons (Fsp3) is 0.375. The Balaban J connectivity index is 1.34. The summed E-state index contributed by atoms with van der Waals surface area (Å²) >= 11 is 1.55. The van der Waals surface area contributed by atoms with Gasteiger partial charge in [0.1, 0.15) is 5.52 Å². The largest absolute Gasteiger partial charge is 0.431 e. The Labute approximate surface area is 186 Å². The zero-order chi connectivity index (χ0) is 21.8. The van der Waals surface area contributed by atoms with Gasteiger partial charge in [0.15, 0.2) is 5.58 Å². The van der Waals surface area contributed by atoms with Gasteiger partial charge >= 0.3 is 0 Å². The maximum absolute atomic E-state index is 12.7. The summed E-state index contributed by atoms with van der Waals surface area (Å²) in [5.41, 5.74) is 3.36. The molecule has 4 rings (SSSR count). The summed E-state index contributed by atoms with van der Waals surface area (Å²) in [7, 11) is 0. The van der Waals surface area contributed by atoms with Gasteiger partial charge in [-0.25, -0.2) is 4.98 Å². The van der Waals surface area contributed by atoms with E-state index in [0.29, 0.717) is 42.4 Å². The van der Waals surface area contributed by atoms with Crippen molar-refractivity contribution in [3.8, 4) is 0 Å². The second kappa shape index (κ2) is 9.56. The van der Waals surface area contributed by atoms with Crippen LogP contribution in [0.1, 0.15) is 32.3 Å². The molecule has 31 heavy (non-hydrogen) atoms. The zero-order valence-corrected chi connectivity index (χ0v) is 18.7. The third-order valence-corrected chi connectivity index (χ3v) is 6.41. The molecule has 0 bridgehead atoms. The van der Waals surface area contributed by atoms with E-state index in [0.717, 1.165) is 11.3 Å². The Bertz CT molecular complexity index is 1060. The van der Waals surface area contributed by atoms with Crippen LogP contribution in [0.3, 0.4) is 0 Å². The van der Waals surface area contributed by atoms with Crippen LogP contribution < -0.4 is 5.32 Å². The monoisotopic (exact) mass is 437 g/mol. The van der Waals surface area contributed by atoms with Crippen LogP contribution in [0.25, 0.3) is 11.1 Å². The second-order valence-corrected chi connectivity index (χ2v) is 9.11. The summed E-state index contributed by atoms with van der Waals surface area (Å²) in [6.07, 6.45) is 1.38. The van der Waals surface area contributed by atoms with Crippen molar-refractivity contribution in [2.24, 2.45) is 11.8 Å². The van der Waals surface area contributed by atoms with E-state index in [1.54, 1.807) is 11.8 Å². The van der Waals surface area contributed by atoms with Crippen LogP contribution in [0.4, 0.5) is 5.69 Å². The molecular formula is C24H27N3O3S. The zero-order valence-electron chi connectivity index (χ0n) is 17.8. The first-order valence-electron chi connectivity index (χ1n) is 10.7. The van der Waals surface area contributed by atoms with E-state index < -0.39 is 0 Å². The highest BCUT2D eigenvalue weighted by atomic mass is 32.2. The minimum absolute atomic E-state index is 0.00170. The summed E-state index contributed by atoms with van der Waals surface area (Å²) in [4.78, 5) is 31.3. The number of fused-ring (bicyclic) bond motifs is 1. The van der Waals surface area contributed by atoms with E-state index in [2.05, 4.69) is 22.4 Å². The van der Waals surface area contributed by atoms with Crippen LogP contribution in [-0.2, 0) is 15.3 Å². The number of benzene rings is 2. The van der Waals surface area contributed by atoms with Gasteiger partial charge in [-0.1, -0.05) is 55.9 Å². The van der Waals surface area contributed by atoms with E-state index in [1.165, 1.54) is 5.56 Å². The van der Waals surface area contributed by atoms with E-state index >= 15 is 0 Å². The number of piperidine rings is 1. The first-order valence-corrected chi connectivity index (χ1v) is 11.6. The van der Waals surface area contributed by atoms with E-state index in [1.807, 2.05) is 55.1 Å². The number of amides is 2.